The topological polar surface area (TPSA) is 18.5 Å². The van der Waals surface area contributed by atoms with E-state index in [1.807, 2.05) is 56.3 Å². The minimum absolute atomic E-state index is 0.100. The molecule has 0 heterocycles. The zero-order chi connectivity index (χ0) is 13.0. The highest BCUT2D eigenvalue weighted by molar-refractivity contribution is 6.32. The molecule has 0 saturated heterocycles. The predicted octanol–water partition coefficient (Wildman–Crippen LogP) is 4.92. The highest BCUT2D eigenvalue weighted by Gasteiger charge is 2.06. The quantitative estimate of drug-likeness (QED) is 0.779. The molecule has 0 fully saturated rings. The van der Waals surface area contributed by atoms with Crippen LogP contribution in [0.4, 0.5) is 0 Å². The maximum Gasteiger partial charge on any atom is 0.138 e. The Hall–Kier alpha value is -1.67. The van der Waals surface area contributed by atoms with Gasteiger partial charge in [-0.15, -0.1) is 0 Å². The van der Waals surface area contributed by atoms with Crippen molar-refractivity contribution in [2.24, 2.45) is 0 Å². The first-order chi connectivity index (χ1) is 8.65. The first-order valence-electron chi connectivity index (χ1n) is 5.84. The summed E-state index contributed by atoms with van der Waals surface area (Å²) in [6, 6.07) is 15.0. The molecule has 0 N–H and O–H groups in total. The number of benzene rings is 2. The molecule has 18 heavy (non-hydrogen) atoms. The summed E-state index contributed by atoms with van der Waals surface area (Å²) < 4.78 is 11.2. The third-order valence-electron chi connectivity index (χ3n) is 2.24. The van der Waals surface area contributed by atoms with Crippen LogP contribution in [-0.4, -0.2) is 6.10 Å². The van der Waals surface area contributed by atoms with E-state index in [0.717, 1.165) is 5.75 Å². The zero-order valence-electron chi connectivity index (χ0n) is 10.4. The van der Waals surface area contributed by atoms with Gasteiger partial charge in [0.2, 0.25) is 0 Å². The van der Waals surface area contributed by atoms with Gasteiger partial charge in [-0.1, -0.05) is 29.8 Å². The molecule has 0 aliphatic heterocycles. The normalized spacial score (nSPS) is 10.4. The number of ether oxygens (including phenoxy) is 2. The monoisotopic (exact) mass is 262 g/mol. The molecule has 2 aromatic rings. The highest BCUT2D eigenvalue weighted by Crippen LogP contribution is 2.31. The number of hydrogen-bond donors (Lipinski definition) is 0. The maximum absolute atomic E-state index is 6.13. The third-order valence-corrected chi connectivity index (χ3v) is 2.54. The molecule has 3 heteroatoms. The van der Waals surface area contributed by atoms with Crippen LogP contribution in [0.3, 0.4) is 0 Å². The van der Waals surface area contributed by atoms with Crippen LogP contribution in [0.2, 0.25) is 5.02 Å². The molecule has 0 aromatic heterocycles. The Balaban J connectivity index is 2.14. The fourth-order valence-corrected chi connectivity index (χ4v) is 1.73. The molecule has 0 aliphatic carbocycles. The molecule has 94 valence electrons. The molecule has 0 spiro atoms. The van der Waals surface area contributed by atoms with Crippen molar-refractivity contribution >= 4 is 11.6 Å². The first kappa shape index (κ1) is 12.8. The summed E-state index contributed by atoms with van der Waals surface area (Å²) in [6.45, 7) is 3.93. The van der Waals surface area contributed by atoms with Crippen LogP contribution in [0, 0.1) is 0 Å². The fraction of sp³-hybridized carbons (Fsp3) is 0.200. The number of rotatable bonds is 4. The second kappa shape index (κ2) is 5.78. The van der Waals surface area contributed by atoms with Crippen molar-refractivity contribution in [1.29, 1.82) is 0 Å². The van der Waals surface area contributed by atoms with E-state index < -0.39 is 0 Å². The molecule has 0 saturated carbocycles. The lowest BCUT2D eigenvalue weighted by molar-refractivity contribution is 0.242. The van der Waals surface area contributed by atoms with Gasteiger partial charge in [0.25, 0.3) is 0 Å². The summed E-state index contributed by atoms with van der Waals surface area (Å²) in [4.78, 5) is 0. The van der Waals surface area contributed by atoms with Gasteiger partial charge in [0, 0.05) is 6.07 Å². The predicted molar refractivity (Wildman–Crippen MR) is 73.7 cm³/mol. The fourth-order valence-electron chi connectivity index (χ4n) is 1.52. The lowest BCUT2D eigenvalue weighted by Gasteiger charge is -2.12. The Morgan fingerprint density at radius 3 is 2.28 bits per heavy atom. The van der Waals surface area contributed by atoms with Crippen LogP contribution < -0.4 is 9.47 Å². The molecular weight excluding hydrogens is 248 g/mol. The van der Waals surface area contributed by atoms with Gasteiger partial charge < -0.3 is 9.47 Å². The molecule has 0 aliphatic rings. The Morgan fingerprint density at radius 1 is 0.944 bits per heavy atom. The van der Waals surface area contributed by atoms with Gasteiger partial charge in [0.15, 0.2) is 0 Å². The van der Waals surface area contributed by atoms with E-state index in [9.17, 15) is 0 Å². The van der Waals surface area contributed by atoms with Crippen LogP contribution in [0.1, 0.15) is 13.8 Å². The Morgan fingerprint density at radius 2 is 1.67 bits per heavy atom. The molecule has 0 bridgehead atoms. The van der Waals surface area contributed by atoms with Crippen molar-refractivity contribution in [3.63, 3.8) is 0 Å². The lowest BCUT2D eigenvalue weighted by atomic mass is 10.3. The van der Waals surface area contributed by atoms with E-state index in [0.29, 0.717) is 16.5 Å². The largest absolute Gasteiger partial charge is 0.489 e. The van der Waals surface area contributed by atoms with Gasteiger partial charge in [-0.05, 0) is 38.1 Å². The molecule has 0 atom stereocenters. The van der Waals surface area contributed by atoms with Crippen molar-refractivity contribution in [2.75, 3.05) is 0 Å². The van der Waals surface area contributed by atoms with Crippen molar-refractivity contribution in [3.05, 3.63) is 53.6 Å². The van der Waals surface area contributed by atoms with E-state index in [1.54, 1.807) is 6.07 Å². The Bertz CT molecular complexity index is 509. The van der Waals surface area contributed by atoms with Gasteiger partial charge in [0.1, 0.15) is 17.2 Å². The van der Waals surface area contributed by atoms with Crippen molar-refractivity contribution in [1.82, 2.24) is 0 Å². The number of halogens is 1. The smallest absolute Gasteiger partial charge is 0.138 e. The van der Waals surface area contributed by atoms with Crippen molar-refractivity contribution in [3.8, 4) is 17.2 Å². The summed E-state index contributed by atoms with van der Waals surface area (Å²) in [5.74, 6) is 2.15. The standard InChI is InChI=1S/C15H15ClO2/c1-11(2)17-15-9-8-13(10-14(15)16)18-12-6-4-3-5-7-12/h3-11H,1-2H3. The van der Waals surface area contributed by atoms with Gasteiger partial charge in [-0.25, -0.2) is 0 Å². The van der Waals surface area contributed by atoms with Gasteiger partial charge in [0.05, 0.1) is 11.1 Å². The van der Waals surface area contributed by atoms with Crippen LogP contribution in [0.5, 0.6) is 17.2 Å². The molecular formula is C15H15ClO2. The Kier molecular flexibility index (Phi) is 4.11. The van der Waals surface area contributed by atoms with Crippen molar-refractivity contribution in [2.45, 2.75) is 20.0 Å². The molecule has 2 aromatic carbocycles. The average Bonchev–Trinajstić information content (AvgIpc) is 2.33. The molecule has 0 unspecified atom stereocenters. The highest BCUT2D eigenvalue weighted by atomic mass is 35.5. The molecule has 2 nitrogen and oxygen atoms in total. The lowest BCUT2D eigenvalue weighted by Crippen LogP contribution is -2.05. The van der Waals surface area contributed by atoms with E-state index in [4.69, 9.17) is 21.1 Å². The van der Waals surface area contributed by atoms with Crippen molar-refractivity contribution < 1.29 is 9.47 Å². The van der Waals surface area contributed by atoms with E-state index in [2.05, 4.69) is 0 Å². The summed E-state index contributed by atoms with van der Waals surface area (Å²) in [5, 5.41) is 0.553. The van der Waals surface area contributed by atoms with Gasteiger partial charge >= 0.3 is 0 Å². The third kappa shape index (κ3) is 3.41. The van der Waals surface area contributed by atoms with E-state index in [-0.39, 0.29) is 6.10 Å². The SMILES string of the molecule is CC(C)Oc1ccc(Oc2ccccc2)cc1Cl. The van der Waals surface area contributed by atoms with Crippen LogP contribution in [0.25, 0.3) is 0 Å². The molecule has 2 rings (SSSR count). The minimum atomic E-state index is 0.100. The molecule has 0 radical (unpaired) electrons. The van der Waals surface area contributed by atoms with E-state index >= 15 is 0 Å². The molecule has 0 amide bonds. The Labute approximate surface area is 112 Å². The van der Waals surface area contributed by atoms with Crippen LogP contribution in [-0.2, 0) is 0 Å². The second-order valence-corrected chi connectivity index (χ2v) is 4.58. The summed E-state index contributed by atoms with van der Waals surface area (Å²) in [5.41, 5.74) is 0. The first-order valence-corrected chi connectivity index (χ1v) is 6.22. The van der Waals surface area contributed by atoms with Gasteiger partial charge in [-0.3, -0.25) is 0 Å². The second-order valence-electron chi connectivity index (χ2n) is 4.17. The average molecular weight is 263 g/mol. The minimum Gasteiger partial charge on any atom is -0.489 e. The van der Waals surface area contributed by atoms with Gasteiger partial charge in [-0.2, -0.15) is 0 Å². The summed E-state index contributed by atoms with van der Waals surface area (Å²) >= 11 is 6.13. The summed E-state index contributed by atoms with van der Waals surface area (Å²) in [7, 11) is 0. The maximum atomic E-state index is 6.13. The summed E-state index contributed by atoms with van der Waals surface area (Å²) in [6.07, 6.45) is 0.100. The number of para-hydroxylation sites is 1. The van der Waals surface area contributed by atoms with Crippen LogP contribution in [0.15, 0.2) is 48.5 Å². The zero-order valence-corrected chi connectivity index (χ0v) is 11.1. The van der Waals surface area contributed by atoms with Crippen LogP contribution >= 0.6 is 11.6 Å². The number of hydrogen-bond acceptors (Lipinski definition) is 2. The van der Waals surface area contributed by atoms with E-state index in [1.165, 1.54) is 0 Å².